The molecule has 0 aliphatic heterocycles. The second kappa shape index (κ2) is 15.8. The molecule has 3 aromatic heterocycles. The van der Waals surface area contributed by atoms with Crippen molar-refractivity contribution >= 4 is 35.2 Å². The van der Waals surface area contributed by atoms with Crippen LogP contribution in [-0.4, -0.2) is 18.0 Å². The summed E-state index contributed by atoms with van der Waals surface area (Å²) in [5, 5.41) is 3.56. The first-order chi connectivity index (χ1) is 24.7. The van der Waals surface area contributed by atoms with Crippen LogP contribution >= 0.6 is 0 Å². The summed E-state index contributed by atoms with van der Waals surface area (Å²) in [5.74, 6) is -0.0584. The molecule has 7 rings (SSSR count). The van der Waals surface area contributed by atoms with Gasteiger partial charge in [-0.2, -0.15) is 0 Å². The molecule has 0 fully saturated rings. The predicted molar refractivity (Wildman–Crippen MR) is 210 cm³/mol. The van der Waals surface area contributed by atoms with Gasteiger partial charge < -0.3 is 14.4 Å². The maximum absolute atomic E-state index is 8.28. The summed E-state index contributed by atoms with van der Waals surface area (Å²) in [6.45, 7) is 14.4. The van der Waals surface area contributed by atoms with Crippen molar-refractivity contribution < 1.29 is 28.6 Å². The van der Waals surface area contributed by atoms with Crippen LogP contribution in [0.3, 0.4) is 0 Å². The van der Waals surface area contributed by atoms with Crippen molar-refractivity contribution in [1.29, 1.82) is 0 Å². The maximum Gasteiger partial charge on any atom is 0.121 e. The van der Waals surface area contributed by atoms with Gasteiger partial charge in [-0.05, 0) is 58.1 Å². The Morgan fingerprint density at radius 2 is 1.52 bits per heavy atom. The zero-order valence-corrected chi connectivity index (χ0v) is 33.3. The van der Waals surface area contributed by atoms with Crippen molar-refractivity contribution in [3.05, 3.63) is 138 Å². The zero-order chi connectivity index (χ0) is 37.2. The van der Waals surface area contributed by atoms with Crippen LogP contribution in [-0.2, 0) is 26.5 Å². The number of benzene rings is 4. The van der Waals surface area contributed by atoms with Crippen LogP contribution in [0.15, 0.2) is 114 Å². The Morgan fingerprint density at radius 3 is 2.20 bits per heavy atom. The fourth-order valence-corrected chi connectivity index (χ4v) is 7.68. The van der Waals surface area contributed by atoms with Gasteiger partial charge in [0.15, 0.2) is 0 Å². The molecule has 3 heterocycles. The second-order valence-electron chi connectivity index (χ2n) is 14.3. The predicted octanol–water partition coefficient (Wildman–Crippen LogP) is 11.8. The molecule has 4 aromatic carbocycles. The van der Waals surface area contributed by atoms with Crippen LogP contribution in [0, 0.1) is 24.9 Å². The van der Waals surface area contributed by atoms with Gasteiger partial charge in [0.25, 0.3) is 0 Å². The van der Waals surface area contributed by atoms with Crippen molar-refractivity contribution in [3.8, 4) is 33.6 Å². The van der Waals surface area contributed by atoms with Gasteiger partial charge in [0.05, 0.1) is 13.7 Å². The third kappa shape index (κ3) is 8.58. The molecule has 0 N–H and O–H groups in total. The first kappa shape index (κ1) is 33.0. The molecular formula is C45H46IrN2OSi-2. The fourth-order valence-electron chi connectivity index (χ4n) is 6.09. The van der Waals surface area contributed by atoms with E-state index in [0.29, 0.717) is 11.5 Å². The smallest absolute Gasteiger partial charge is 0.121 e. The van der Waals surface area contributed by atoms with Crippen LogP contribution in [0.25, 0.3) is 55.6 Å². The van der Waals surface area contributed by atoms with Crippen LogP contribution in [0.1, 0.15) is 54.4 Å². The molecule has 50 heavy (non-hydrogen) atoms. The van der Waals surface area contributed by atoms with Crippen molar-refractivity contribution in [2.75, 3.05) is 0 Å². The van der Waals surface area contributed by atoms with Crippen molar-refractivity contribution in [1.82, 2.24) is 9.97 Å². The molecule has 257 valence electrons. The average molecular weight is 854 g/mol. The average Bonchev–Trinajstić information content (AvgIpc) is 3.48. The van der Waals surface area contributed by atoms with Crippen molar-refractivity contribution in [2.24, 2.45) is 5.92 Å². The normalized spacial score (nSPS) is 12.6. The van der Waals surface area contributed by atoms with E-state index in [0.717, 1.165) is 62.0 Å². The quantitative estimate of drug-likeness (QED) is 0.118. The van der Waals surface area contributed by atoms with Gasteiger partial charge in [0.2, 0.25) is 0 Å². The molecule has 0 atom stereocenters. The van der Waals surface area contributed by atoms with Crippen LogP contribution in [0.2, 0.25) is 19.6 Å². The summed E-state index contributed by atoms with van der Waals surface area (Å²) in [4.78, 5) is 9.17. The van der Waals surface area contributed by atoms with E-state index in [1.807, 2.05) is 62.4 Å². The van der Waals surface area contributed by atoms with Gasteiger partial charge >= 0.3 is 0 Å². The molecule has 0 saturated carbocycles. The third-order valence-electron chi connectivity index (χ3n) is 8.66. The van der Waals surface area contributed by atoms with E-state index < -0.39 is 20.8 Å². The van der Waals surface area contributed by atoms with E-state index in [1.54, 1.807) is 12.3 Å². The molecule has 5 heteroatoms. The van der Waals surface area contributed by atoms with E-state index in [1.165, 1.54) is 16.3 Å². The molecule has 0 aliphatic carbocycles. The largest absolute Gasteiger partial charge is 0.500 e. The SMILES string of the molecule is [2H]C(C)(C)c1ccnc(-c2[c-]cc3oc4cc(-c5ccccc5)ccc4c3c2)c1.[2H]C([2H])c1c[c-]c(-c2cc(CC(C)C)c([Si](C)(C)C)cn2)cc1.[Ir]. The van der Waals surface area contributed by atoms with Gasteiger partial charge in [-0.15, -0.1) is 59.2 Å². The Kier molecular flexibility index (Phi) is 10.4. The molecule has 1 radical (unpaired) electrons. The number of nitrogens with zero attached hydrogens (tertiary/aromatic N) is 2. The summed E-state index contributed by atoms with van der Waals surface area (Å²) >= 11 is 0. The summed E-state index contributed by atoms with van der Waals surface area (Å²) in [7, 11) is -1.41. The molecule has 0 saturated heterocycles. The Balaban J connectivity index is 0.000000207. The van der Waals surface area contributed by atoms with E-state index >= 15 is 0 Å². The minimum Gasteiger partial charge on any atom is -0.500 e. The number of aryl methyl sites for hydroxylation is 1. The molecule has 0 spiro atoms. The summed E-state index contributed by atoms with van der Waals surface area (Å²) in [5.41, 5.74) is 10.6. The molecule has 3 nitrogen and oxygen atoms in total. The summed E-state index contributed by atoms with van der Waals surface area (Å²) in [6.07, 6.45) is 4.88. The molecule has 0 bridgehead atoms. The number of aromatic nitrogens is 2. The number of fused-ring (bicyclic) bond motifs is 3. The number of furan rings is 1. The van der Waals surface area contributed by atoms with Crippen LogP contribution < -0.4 is 5.19 Å². The third-order valence-corrected chi connectivity index (χ3v) is 10.7. The maximum atomic E-state index is 8.28. The Bertz CT molecular complexity index is 2310. The minimum absolute atomic E-state index is 0. The standard InChI is InChI=1S/C26H20NO.C19H26NSi.Ir/c1-17(2)19-12-13-27-24(15-19)21-9-11-25-23(14-21)22-10-8-20(16-26(22)28-25)18-6-4-3-5-7-18;1-14(2)11-17-12-18(16-9-7-15(3)8-10-16)20-13-19(17)21(4,5)6;/h3-8,10-17H,1-2H3;7-9,12-14H,11H2,1-6H3;/q2*-1;/i17D;3D2;. The number of rotatable bonds is 7. The Morgan fingerprint density at radius 1 is 0.760 bits per heavy atom. The first-order valence-corrected chi connectivity index (χ1v) is 20.4. The summed E-state index contributed by atoms with van der Waals surface area (Å²) in [6, 6.07) is 38.6. The monoisotopic (exact) mass is 854 g/mol. The van der Waals surface area contributed by atoms with Crippen molar-refractivity contribution in [3.63, 3.8) is 0 Å². The van der Waals surface area contributed by atoms with E-state index in [-0.39, 0.29) is 20.1 Å². The number of hydrogen-bond donors (Lipinski definition) is 0. The van der Waals surface area contributed by atoms with Gasteiger partial charge in [-0.1, -0.05) is 125 Å². The minimum atomic E-state index is -1.41. The molecule has 0 amide bonds. The number of pyridine rings is 2. The second-order valence-corrected chi connectivity index (χ2v) is 19.4. The summed E-state index contributed by atoms with van der Waals surface area (Å²) < 4.78 is 29.3. The van der Waals surface area contributed by atoms with E-state index in [2.05, 4.69) is 104 Å². The fraction of sp³-hybridized carbons (Fsp3) is 0.244. The Hall–Kier alpha value is -4.15. The van der Waals surface area contributed by atoms with Gasteiger partial charge in [-0.3, -0.25) is 0 Å². The topological polar surface area (TPSA) is 38.9 Å². The van der Waals surface area contributed by atoms with Crippen LogP contribution in [0.4, 0.5) is 0 Å². The molecular weight excluding hydrogens is 805 g/mol. The van der Waals surface area contributed by atoms with E-state index in [4.69, 9.17) is 8.53 Å². The molecule has 7 aromatic rings. The zero-order valence-electron chi connectivity index (χ0n) is 32.9. The van der Waals surface area contributed by atoms with E-state index in [9.17, 15) is 0 Å². The van der Waals surface area contributed by atoms with Gasteiger partial charge in [-0.25, -0.2) is 0 Å². The van der Waals surface area contributed by atoms with Gasteiger partial charge in [0.1, 0.15) is 5.58 Å². The molecule has 0 aliphatic rings. The van der Waals surface area contributed by atoms with Crippen LogP contribution in [0.5, 0.6) is 0 Å². The first-order valence-electron chi connectivity index (χ1n) is 18.6. The van der Waals surface area contributed by atoms with Gasteiger partial charge in [0, 0.05) is 42.0 Å². The Labute approximate surface area is 316 Å². The number of hydrogen-bond acceptors (Lipinski definition) is 3. The molecule has 0 unspecified atom stereocenters. The van der Waals surface area contributed by atoms with Crippen molar-refractivity contribution in [2.45, 2.75) is 66.5 Å².